The summed E-state index contributed by atoms with van der Waals surface area (Å²) in [6.07, 6.45) is 3.91. The minimum absolute atomic E-state index is 0.791. The van der Waals surface area contributed by atoms with Gasteiger partial charge in [-0.1, -0.05) is 24.3 Å². The van der Waals surface area contributed by atoms with Crippen LogP contribution in [-0.2, 0) is 0 Å². The van der Waals surface area contributed by atoms with Gasteiger partial charge in [-0.15, -0.1) is 0 Å². The molecule has 0 spiro atoms. The lowest BCUT2D eigenvalue weighted by molar-refractivity contribution is 0.579. The Bertz CT molecular complexity index is 879. The first-order chi connectivity index (χ1) is 11.7. The molecule has 0 aliphatic carbocycles. The molecule has 0 saturated carbocycles. The van der Waals surface area contributed by atoms with Crippen LogP contribution in [0.1, 0.15) is 25.0 Å². The van der Waals surface area contributed by atoms with Crippen molar-refractivity contribution >= 4 is 22.3 Å². The van der Waals surface area contributed by atoms with Crippen molar-refractivity contribution in [3.05, 3.63) is 54.2 Å². The molecule has 2 N–H and O–H groups in total. The monoisotopic (exact) mass is 317 g/mol. The number of fused-ring (bicyclic) bond motifs is 1. The van der Waals surface area contributed by atoms with Crippen molar-refractivity contribution in [2.75, 3.05) is 23.7 Å². The van der Waals surface area contributed by atoms with Crippen LogP contribution in [0, 0.1) is 6.92 Å². The molecular formula is C21H23N3. The van der Waals surface area contributed by atoms with Crippen LogP contribution >= 0.6 is 0 Å². The number of nitrogens with two attached hydrogens (primary N) is 1. The number of pyridine rings is 1. The van der Waals surface area contributed by atoms with E-state index in [1.54, 1.807) is 0 Å². The highest BCUT2D eigenvalue weighted by Crippen LogP contribution is 2.32. The molecular weight excluding hydrogens is 294 g/mol. The van der Waals surface area contributed by atoms with Crippen LogP contribution in [0.4, 0.5) is 11.4 Å². The average molecular weight is 317 g/mol. The van der Waals surface area contributed by atoms with Crippen molar-refractivity contribution < 1.29 is 0 Å². The second kappa shape index (κ2) is 6.16. The fourth-order valence-electron chi connectivity index (χ4n) is 3.63. The Hall–Kier alpha value is -2.55. The highest BCUT2D eigenvalue weighted by Gasteiger charge is 2.15. The van der Waals surface area contributed by atoms with Gasteiger partial charge < -0.3 is 10.6 Å². The average Bonchev–Trinajstić information content (AvgIpc) is 2.61. The minimum atomic E-state index is 0.791. The van der Waals surface area contributed by atoms with Gasteiger partial charge in [0.1, 0.15) is 0 Å². The molecule has 2 heterocycles. The van der Waals surface area contributed by atoms with Gasteiger partial charge in [0.2, 0.25) is 0 Å². The van der Waals surface area contributed by atoms with E-state index in [0.29, 0.717) is 0 Å². The Balaban J connectivity index is 1.82. The summed E-state index contributed by atoms with van der Waals surface area (Å²) < 4.78 is 0. The predicted molar refractivity (Wildman–Crippen MR) is 102 cm³/mol. The second-order valence-corrected chi connectivity index (χ2v) is 6.69. The Kier molecular flexibility index (Phi) is 3.85. The van der Waals surface area contributed by atoms with Gasteiger partial charge in [-0.2, -0.15) is 0 Å². The maximum atomic E-state index is 5.93. The standard InChI is InChI=1S/C21H23N3/c1-15-12-21(24-10-3-2-4-11-24)19-9-8-17(14-20(19)23-15)16-6-5-7-18(22)13-16/h5-9,12-14H,2-4,10-11,22H2,1H3. The van der Waals surface area contributed by atoms with Gasteiger partial charge in [-0.3, -0.25) is 4.98 Å². The van der Waals surface area contributed by atoms with E-state index >= 15 is 0 Å². The molecule has 3 heteroatoms. The predicted octanol–water partition coefficient (Wildman–Crippen LogP) is 4.78. The van der Waals surface area contributed by atoms with Crippen molar-refractivity contribution in [2.24, 2.45) is 0 Å². The zero-order valence-corrected chi connectivity index (χ0v) is 14.1. The summed E-state index contributed by atoms with van der Waals surface area (Å²) in [5.74, 6) is 0. The Morgan fingerprint density at radius 2 is 1.71 bits per heavy atom. The van der Waals surface area contributed by atoms with E-state index in [1.807, 2.05) is 18.2 Å². The summed E-state index contributed by atoms with van der Waals surface area (Å²) in [5, 5.41) is 1.25. The normalized spacial score (nSPS) is 15.0. The first kappa shape index (κ1) is 15.0. The first-order valence-electron chi connectivity index (χ1n) is 8.73. The molecule has 1 aromatic heterocycles. The Labute approximate surface area is 143 Å². The molecule has 3 aromatic rings. The topological polar surface area (TPSA) is 42.1 Å². The van der Waals surface area contributed by atoms with Crippen LogP contribution in [0.25, 0.3) is 22.0 Å². The molecule has 122 valence electrons. The lowest BCUT2D eigenvalue weighted by atomic mass is 10.0. The summed E-state index contributed by atoms with van der Waals surface area (Å²) in [5.41, 5.74) is 12.5. The number of nitrogens with zero attached hydrogens (tertiary/aromatic N) is 2. The second-order valence-electron chi connectivity index (χ2n) is 6.69. The van der Waals surface area contributed by atoms with Crippen molar-refractivity contribution in [3.63, 3.8) is 0 Å². The molecule has 1 aliphatic rings. The highest BCUT2D eigenvalue weighted by molar-refractivity contribution is 5.94. The molecule has 24 heavy (non-hydrogen) atoms. The van der Waals surface area contributed by atoms with Crippen LogP contribution in [0.15, 0.2) is 48.5 Å². The van der Waals surface area contributed by atoms with E-state index in [-0.39, 0.29) is 0 Å². The fraction of sp³-hybridized carbons (Fsp3) is 0.286. The number of aryl methyl sites for hydroxylation is 1. The zero-order chi connectivity index (χ0) is 16.5. The molecule has 0 radical (unpaired) electrons. The Morgan fingerprint density at radius 3 is 2.50 bits per heavy atom. The van der Waals surface area contributed by atoms with Gasteiger partial charge >= 0.3 is 0 Å². The van der Waals surface area contributed by atoms with E-state index in [1.165, 1.54) is 30.3 Å². The Morgan fingerprint density at radius 1 is 0.917 bits per heavy atom. The van der Waals surface area contributed by atoms with E-state index < -0.39 is 0 Å². The zero-order valence-electron chi connectivity index (χ0n) is 14.1. The number of hydrogen-bond acceptors (Lipinski definition) is 3. The molecule has 0 unspecified atom stereocenters. The molecule has 0 amide bonds. The fourth-order valence-corrected chi connectivity index (χ4v) is 3.63. The quantitative estimate of drug-likeness (QED) is 0.691. The molecule has 1 saturated heterocycles. The number of hydrogen-bond donors (Lipinski definition) is 1. The SMILES string of the molecule is Cc1cc(N2CCCCC2)c2ccc(-c3cccc(N)c3)cc2n1. The van der Waals surface area contributed by atoms with Crippen LogP contribution in [-0.4, -0.2) is 18.1 Å². The third-order valence-corrected chi connectivity index (χ3v) is 4.83. The number of piperidine rings is 1. The summed E-state index contributed by atoms with van der Waals surface area (Å²) in [7, 11) is 0. The molecule has 1 aliphatic heterocycles. The van der Waals surface area contributed by atoms with Crippen molar-refractivity contribution in [2.45, 2.75) is 26.2 Å². The highest BCUT2D eigenvalue weighted by atomic mass is 15.1. The lowest BCUT2D eigenvalue weighted by Gasteiger charge is -2.30. The van der Waals surface area contributed by atoms with Crippen LogP contribution in [0.2, 0.25) is 0 Å². The van der Waals surface area contributed by atoms with Crippen molar-refractivity contribution in [1.29, 1.82) is 0 Å². The minimum Gasteiger partial charge on any atom is -0.399 e. The number of benzene rings is 2. The van der Waals surface area contributed by atoms with E-state index in [9.17, 15) is 0 Å². The lowest BCUT2D eigenvalue weighted by Crippen LogP contribution is -2.29. The molecule has 0 atom stereocenters. The van der Waals surface area contributed by atoms with E-state index in [0.717, 1.165) is 41.1 Å². The maximum Gasteiger partial charge on any atom is 0.0732 e. The third kappa shape index (κ3) is 2.82. The smallest absolute Gasteiger partial charge is 0.0732 e. The van der Waals surface area contributed by atoms with Gasteiger partial charge in [0.25, 0.3) is 0 Å². The molecule has 2 aromatic carbocycles. The van der Waals surface area contributed by atoms with Crippen LogP contribution in [0.3, 0.4) is 0 Å². The largest absolute Gasteiger partial charge is 0.399 e. The summed E-state index contributed by atoms with van der Waals surface area (Å²) in [4.78, 5) is 7.30. The number of anilines is 2. The molecule has 3 nitrogen and oxygen atoms in total. The number of nitrogen functional groups attached to an aromatic ring is 1. The van der Waals surface area contributed by atoms with Gasteiger partial charge in [0, 0.05) is 35.5 Å². The molecule has 1 fully saturated rings. The summed E-state index contributed by atoms with van der Waals surface area (Å²) >= 11 is 0. The van der Waals surface area contributed by atoms with Crippen LogP contribution < -0.4 is 10.6 Å². The van der Waals surface area contributed by atoms with Gasteiger partial charge in [-0.25, -0.2) is 0 Å². The number of aromatic nitrogens is 1. The van der Waals surface area contributed by atoms with E-state index in [2.05, 4.69) is 42.2 Å². The number of rotatable bonds is 2. The third-order valence-electron chi connectivity index (χ3n) is 4.83. The van der Waals surface area contributed by atoms with Crippen molar-refractivity contribution in [3.8, 4) is 11.1 Å². The van der Waals surface area contributed by atoms with Gasteiger partial charge in [0.15, 0.2) is 0 Å². The summed E-state index contributed by atoms with van der Waals surface area (Å²) in [6, 6.07) is 16.8. The van der Waals surface area contributed by atoms with Crippen molar-refractivity contribution in [1.82, 2.24) is 4.98 Å². The van der Waals surface area contributed by atoms with Gasteiger partial charge in [-0.05, 0) is 61.6 Å². The molecule has 4 rings (SSSR count). The first-order valence-corrected chi connectivity index (χ1v) is 8.73. The maximum absolute atomic E-state index is 5.93. The van der Waals surface area contributed by atoms with Crippen LogP contribution in [0.5, 0.6) is 0 Å². The molecule has 0 bridgehead atoms. The van der Waals surface area contributed by atoms with Gasteiger partial charge in [0.05, 0.1) is 5.52 Å². The van der Waals surface area contributed by atoms with E-state index in [4.69, 9.17) is 10.7 Å². The summed E-state index contributed by atoms with van der Waals surface area (Å²) in [6.45, 7) is 4.38.